The van der Waals surface area contributed by atoms with Crippen LogP contribution in [0.5, 0.6) is 0 Å². The number of hydrogen-bond acceptors (Lipinski definition) is 4. The fourth-order valence-corrected chi connectivity index (χ4v) is 1.68. The largest absolute Gasteiger partial charge is 0.389 e. The number of thiocarbonyl (C=S) groups is 1. The standard InChI is InChI=1S/C9H13N5O2S/c10-7(17)6-5-11-13-8(6)12-9(15)14-1-3-16-4-2-14/h5H,1-4H2,(H2,10,17)(H2,11,12,13,15). The number of ether oxygens (including phenoxy) is 1. The van der Waals surface area contributed by atoms with Gasteiger partial charge in [-0.15, -0.1) is 0 Å². The summed E-state index contributed by atoms with van der Waals surface area (Å²) in [6, 6.07) is -0.213. The Morgan fingerprint density at radius 1 is 1.59 bits per heavy atom. The maximum atomic E-state index is 11.9. The van der Waals surface area contributed by atoms with Gasteiger partial charge in [0.25, 0.3) is 0 Å². The van der Waals surface area contributed by atoms with E-state index in [0.29, 0.717) is 37.7 Å². The molecule has 2 amide bonds. The Kier molecular flexibility index (Phi) is 3.55. The van der Waals surface area contributed by atoms with Crippen LogP contribution >= 0.6 is 12.2 Å². The molecule has 1 aliphatic rings. The second kappa shape index (κ2) is 5.11. The smallest absolute Gasteiger partial charge is 0.323 e. The van der Waals surface area contributed by atoms with Crippen molar-refractivity contribution < 1.29 is 9.53 Å². The molecule has 8 heteroatoms. The van der Waals surface area contributed by atoms with Crippen molar-refractivity contribution in [3.05, 3.63) is 11.8 Å². The number of hydrogen-bond donors (Lipinski definition) is 3. The molecular weight excluding hydrogens is 242 g/mol. The molecule has 0 bridgehead atoms. The molecular formula is C9H13N5O2S. The normalized spacial score (nSPS) is 15.6. The van der Waals surface area contributed by atoms with E-state index >= 15 is 0 Å². The number of anilines is 1. The summed E-state index contributed by atoms with van der Waals surface area (Å²) in [7, 11) is 0. The zero-order valence-electron chi connectivity index (χ0n) is 9.10. The molecule has 1 saturated heterocycles. The first-order chi connectivity index (χ1) is 8.18. The molecule has 4 N–H and O–H groups in total. The van der Waals surface area contributed by atoms with E-state index in [0.717, 1.165) is 0 Å². The van der Waals surface area contributed by atoms with Crippen molar-refractivity contribution in [1.29, 1.82) is 0 Å². The number of urea groups is 1. The van der Waals surface area contributed by atoms with Crippen LogP contribution < -0.4 is 11.1 Å². The van der Waals surface area contributed by atoms with E-state index in [1.54, 1.807) is 4.90 Å². The number of rotatable bonds is 2. The minimum atomic E-state index is -0.213. The Balaban J connectivity index is 2.02. The Morgan fingerprint density at radius 3 is 2.94 bits per heavy atom. The van der Waals surface area contributed by atoms with Crippen molar-refractivity contribution in [3.8, 4) is 0 Å². The summed E-state index contributed by atoms with van der Waals surface area (Å²) in [6.07, 6.45) is 1.48. The van der Waals surface area contributed by atoms with Gasteiger partial charge in [0.2, 0.25) is 0 Å². The van der Waals surface area contributed by atoms with Crippen molar-refractivity contribution >= 4 is 29.1 Å². The van der Waals surface area contributed by atoms with Crippen LogP contribution in [0.3, 0.4) is 0 Å². The van der Waals surface area contributed by atoms with Gasteiger partial charge in [-0.25, -0.2) is 4.79 Å². The predicted octanol–water partition coefficient (Wildman–Crippen LogP) is -0.0920. The van der Waals surface area contributed by atoms with E-state index in [2.05, 4.69) is 15.5 Å². The fraction of sp³-hybridized carbons (Fsp3) is 0.444. The third kappa shape index (κ3) is 2.71. The number of nitrogens with zero attached hydrogens (tertiary/aromatic N) is 2. The summed E-state index contributed by atoms with van der Waals surface area (Å²) < 4.78 is 5.16. The minimum absolute atomic E-state index is 0.191. The number of nitrogens with two attached hydrogens (primary N) is 1. The van der Waals surface area contributed by atoms with Crippen LogP contribution in [-0.4, -0.2) is 52.4 Å². The first-order valence-electron chi connectivity index (χ1n) is 5.15. The minimum Gasteiger partial charge on any atom is -0.389 e. The van der Waals surface area contributed by atoms with E-state index in [1.165, 1.54) is 6.20 Å². The monoisotopic (exact) mass is 255 g/mol. The van der Waals surface area contributed by atoms with Crippen LogP contribution in [0.25, 0.3) is 0 Å². The molecule has 0 radical (unpaired) electrons. The van der Waals surface area contributed by atoms with Crippen LogP contribution in [0.15, 0.2) is 6.20 Å². The average Bonchev–Trinajstić information content (AvgIpc) is 2.78. The lowest BCUT2D eigenvalue weighted by Crippen LogP contribution is -2.43. The Bertz CT molecular complexity index is 427. The highest BCUT2D eigenvalue weighted by atomic mass is 32.1. The molecule has 1 aromatic heterocycles. The number of carbonyl (C=O) groups is 1. The molecule has 0 atom stereocenters. The first-order valence-corrected chi connectivity index (χ1v) is 5.56. The number of aromatic nitrogens is 2. The lowest BCUT2D eigenvalue weighted by molar-refractivity contribution is 0.0564. The summed E-state index contributed by atoms with van der Waals surface area (Å²) in [5.74, 6) is 0.425. The van der Waals surface area contributed by atoms with E-state index in [-0.39, 0.29) is 11.0 Å². The predicted molar refractivity (Wildman–Crippen MR) is 65.9 cm³/mol. The molecule has 17 heavy (non-hydrogen) atoms. The lowest BCUT2D eigenvalue weighted by atomic mass is 10.3. The van der Waals surface area contributed by atoms with Crippen molar-refractivity contribution in [2.45, 2.75) is 0 Å². The SMILES string of the molecule is NC(=S)c1cn[nH]c1NC(=O)N1CCOCC1. The molecule has 7 nitrogen and oxygen atoms in total. The van der Waals surface area contributed by atoms with Gasteiger partial charge in [-0.05, 0) is 0 Å². The van der Waals surface area contributed by atoms with Gasteiger partial charge in [-0.1, -0.05) is 12.2 Å². The van der Waals surface area contributed by atoms with Crippen LogP contribution in [0.1, 0.15) is 5.56 Å². The van der Waals surface area contributed by atoms with Gasteiger partial charge in [0.05, 0.1) is 25.0 Å². The highest BCUT2D eigenvalue weighted by Crippen LogP contribution is 2.11. The summed E-state index contributed by atoms with van der Waals surface area (Å²) >= 11 is 4.85. The molecule has 2 rings (SSSR count). The third-order valence-electron chi connectivity index (χ3n) is 2.44. The highest BCUT2D eigenvalue weighted by Gasteiger charge is 2.18. The Morgan fingerprint density at radius 2 is 2.29 bits per heavy atom. The van der Waals surface area contributed by atoms with E-state index in [1.807, 2.05) is 0 Å². The number of aromatic amines is 1. The molecule has 1 aliphatic heterocycles. The molecule has 0 spiro atoms. The van der Waals surface area contributed by atoms with E-state index < -0.39 is 0 Å². The van der Waals surface area contributed by atoms with Gasteiger partial charge in [0.1, 0.15) is 10.8 Å². The van der Waals surface area contributed by atoms with E-state index in [9.17, 15) is 4.79 Å². The number of morpholine rings is 1. The average molecular weight is 255 g/mol. The second-order valence-electron chi connectivity index (χ2n) is 3.55. The summed E-state index contributed by atoms with van der Waals surface area (Å²) in [6.45, 7) is 2.25. The molecule has 92 valence electrons. The molecule has 0 unspecified atom stereocenters. The van der Waals surface area contributed by atoms with Crippen molar-refractivity contribution in [2.24, 2.45) is 5.73 Å². The first kappa shape index (κ1) is 11.8. The summed E-state index contributed by atoms with van der Waals surface area (Å²) in [5.41, 5.74) is 6.03. The topological polar surface area (TPSA) is 96.3 Å². The molecule has 0 saturated carbocycles. The summed E-state index contributed by atoms with van der Waals surface area (Å²) in [4.78, 5) is 13.7. The number of amides is 2. The maximum Gasteiger partial charge on any atom is 0.323 e. The number of nitrogens with one attached hydrogen (secondary N) is 2. The van der Waals surface area contributed by atoms with Gasteiger partial charge >= 0.3 is 6.03 Å². The van der Waals surface area contributed by atoms with Gasteiger partial charge in [0, 0.05) is 13.1 Å². The zero-order valence-corrected chi connectivity index (χ0v) is 9.92. The maximum absolute atomic E-state index is 11.9. The van der Waals surface area contributed by atoms with Crippen LogP contribution in [-0.2, 0) is 4.74 Å². The van der Waals surface area contributed by atoms with Crippen molar-refractivity contribution in [1.82, 2.24) is 15.1 Å². The molecule has 0 aliphatic carbocycles. The number of carbonyl (C=O) groups excluding carboxylic acids is 1. The number of H-pyrrole nitrogens is 1. The van der Waals surface area contributed by atoms with Crippen LogP contribution in [0.4, 0.5) is 10.6 Å². The Labute approximate surface area is 103 Å². The van der Waals surface area contributed by atoms with Crippen LogP contribution in [0, 0.1) is 0 Å². The lowest BCUT2D eigenvalue weighted by Gasteiger charge is -2.26. The van der Waals surface area contributed by atoms with Gasteiger partial charge < -0.3 is 15.4 Å². The van der Waals surface area contributed by atoms with Crippen molar-refractivity contribution in [3.63, 3.8) is 0 Å². The summed E-state index contributed by atoms with van der Waals surface area (Å²) in [5, 5.41) is 9.13. The molecule has 1 fully saturated rings. The molecule has 2 heterocycles. The van der Waals surface area contributed by atoms with Crippen LogP contribution in [0.2, 0.25) is 0 Å². The highest BCUT2D eigenvalue weighted by molar-refractivity contribution is 7.80. The molecule has 1 aromatic rings. The quantitative estimate of drug-likeness (QED) is 0.642. The van der Waals surface area contributed by atoms with E-state index in [4.69, 9.17) is 22.7 Å². The van der Waals surface area contributed by atoms with Gasteiger partial charge in [-0.3, -0.25) is 10.4 Å². The molecule has 0 aromatic carbocycles. The van der Waals surface area contributed by atoms with Crippen molar-refractivity contribution in [2.75, 3.05) is 31.6 Å². The van der Waals surface area contributed by atoms with Gasteiger partial charge in [0.15, 0.2) is 0 Å². The fourth-order valence-electron chi connectivity index (χ4n) is 1.52. The van der Waals surface area contributed by atoms with Gasteiger partial charge in [-0.2, -0.15) is 5.10 Å². The third-order valence-corrected chi connectivity index (χ3v) is 2.65. The zero-order chi connectivity index (χ0) is 12.3. The Hall–Kier alpha value is -1.67. The second-order valence-corrected chi connectivity index (χ2v) is 3.99.